The highest BCUT2D eigenvalue weighted by Crippen LogP contribution is 2.37. The third-order valence-corrected chi connectivity index (χ3v) is 3.65. The van der Waals surface area contributed by atoms with Crippen LogP contribution in [-0.4, -0.2) is 25.4 Å². The molecule has 1 aromatic rings. The summed E-state index contributed by atoms with van der Waals surface area (Å²) >= 11 is 0. The molecule has 0 amide bonds. The molecule has 2 rings (SSSR count). The zero-order chi connectivity index (χ0) is 13.9. The number of benzene rings is 1. The Labute approximate surface area is 111 Å². The molecule has 1 aromatic carbocycles. The summed E-state index contributed by atoms with van der Waals surface area (Å²) in [5.74, 6) is -1.77. The first-order valence-electron chi connectivity index (χ1n) is 6.52. The zero-order valence-electron chi connectivity index (χ0n) is 11.0. The van der Waals surface area contributed by atoms with Crippen LogP contribution >= 0.6 is 0 Å². The van der Waals surface area contributed by atoms with E-state index in [0.29, 0.717) is 32.7 Å². The molecule has 1 atom stereocenters. The topological polar surface area (TPSA) is 44.5 Å². The fraction of sp³-hybridized carbons (Fsp3) is 0.571. The highest BCUT2D eigenvalue weighted by atomic mass is 19.2. The minimum atomic E-state index is -0.888. The Morgan fingerprint density at radius 1 is 1.37 bits per heavy atom. The van der Waals surface area contributed by atoms with Crippen molar-refractivity contribution >= 4 is 0 Å². The maximum Gasteiger partial charge on any atom is 0.163 e. The van der Waals surface area contributed by atoms with Crippen LogP contribution in [0.25, 0.3) is 0 Å². The summed E-state index contributed by atoms with van der Waals surface area (Å²) in [5, 5.41) is 0. The van der Waals surface area contributed by atoms with Gasteiger partial charge < -0.3 is 15.2 Å². The molecule has 19 heavy (non-hydrogen) atoms. The number of ether oxygens (including phenoxy) is 2. The van der Waals surface area contributed by atoms with E-state index in [4.69, 9.17) is 15.2 Å². The van der Waals surface area contributed by atoms with Gasteiger partial charge in [-0.1, -0.05) is 12.1 Å². The van der Waals surface area contributed by atoms with Crippen molar-refractivity contribution in [3.05, 3.63) is 35.4 Å². The average molecular weight is 271 g/mol. The van der Waals surface area contributed by atoms with Gasteiger partial charge in [-0.2, -0.15) is 0 Å². The van der Waals surface area contributed by atoms with E-state index in [1.165, 1.54) is 12.1 Å². The lowest BCUT2D eigenvalue weighted by Crippen LogP contribution is -2.48. The van der Waals surface area contributed by atoms with Gasteiger partial charge in [0.2, 0.25) is 0 Å². The Morgan fingerprint density at radius 3 is 2.68 bits per heavy atom. The largest absolute Gasteiger partial charge is 0.381 e. The van der Waals surface area contributed by atoms with E-state index in [1.54, 1.807) is 0 Å². The van der Waals surface area contributed by atoms with E-state index in [2.05, 4.69) is 0 Å². The second kappa shape index (κ2) is 5.94. The Morgan fingerprint density at radius 2 is 2.05 bits per heavy atom. The van der Waals surface area contributed by atoms with Gasteiger partial charge >= 0.3 is 0 Å². The second-order valence-corrected chi connectivity index (χ2v) is 4.73. The molecule has 0 saturated carbocycles. The van der Waals surface area contributed by atoms with Crippen molar-refractivity contribution in [3.63, 3.8) is 0 Å². The summed E-state index contributed by atoms with van der Waals surface area (Å²) < 4.78 is 38.3. The van der Waals surface area contributed by atoms with Crippen LogP contribution in [0.2, 0.25) is 0 Å². The third kappa shape index (κ3) is 2.78. The molecule has 1 fully saturated rings. The molecular formula is C14H19F2NO2. The normalized spacial score (nSPS) is 20.2. The van der Waals surface area contributed by atoms with Crippen LogP contribution in [0.5, 0.6) is 0 Å². The summed E-state index contributed by atoms with van der Waals surface area (Å²) in [7, 11) is 0. The molecule has 0 bridgehead atoms. The standard InChI is InChI=1S/C14H19F2NO2/c1-2-19-14(6-8-18-9-7-14)13(17)10-4-3-5-11(15)12(10)16/h3-5,13H,2,6-9,17H2,1H3. The van der Waals surface area contributed by atoms with Crippen LogP contribution in [-0.2, 0) is 9.47 Å². The van der Waals surface area contributed by atoms with Gasteiger partial charge in [0.05, 0.1) is 11.6 Å². The molecule has 2 N–H and O–H groups in total. The Hall–Kier alpha value is -1.04. The van der Waals surface area contributed by atoms with Crippen LogP contribution in [0.15, 0.2) is 18.2 Å². The van der Waals surface area contributed by atoms with Gasteiger partial charge in [-0.3, -0.25) is 0 Å². The zero-order valence-corrected chi connectivity index (χ0v) is 11.0. The minimum absolute atomic E-state index is 0.162. The predicted molar refractivity (Wildman–Crippen MR) is 67.7 cm³/mol. The van der Waals surface area contributed by atoms with Crippen molar-refractivity contribution in [2.24, 2.45) is 5.73 Å². The molecule has 106 valence electrons. The maximum atomic E-state index is 13.9. The van der Waals surface area contributed by atoms with E-state index in [9.17, 15) is 8.78 Å². The fourth-order valence-corrected chi connectivity index (χ4v) is 2.59. The number of hydrogen-bond donors (Lipinski definition) is 1. The van der Waals surface area contributed by atoms with Crippen molar-refractivity contribution in [2.45, 2.75) is 31.4 Å². The highest BCUT2D eigenvalue weighted by Gasteiger charge is 2.41. The Bertz CT molecular complexity index is 428. The molecule has 3 nitrogen and oxygen atoms in total. The van der Waals surface area contributed by atoms with Crippen molar-refractivity contribution < 1.29 is 18.3 Å². The number of hydrogen-bond acceptors (Lipinski definition) is 3. The quantitative estimate of drug-likeness (QED) is 0.915. The molecule has 0 aliphatic carbocycles. The lowest BCUT2D eigenvalue weighted by atomic mass is 9.82. The molecule has 5 heteroatoms. The molecule has 0 radical (unpaired) electrons. The first-order chi connectivity index (χ1) is 9.10. The van der Waals surface area contributed by atoms with Crippen LogP contribution in [0, 0.1) is 11.6 Å². The number of halogens is 2. The molecule has 1 heterocycles. The van der Waals surface area contributed by atoms with Crippen molar-refractivity contribution in [2.75, 3.05) is 19.8 Å². The maximum absolute atomic E-state index is 13.9. The van der Waals surface area contributed by atoms with E-state index >= 15 is 0 Å². The van der Waals surface area contributed by atoms with Crippen LogP contribution < -0.4 is 5.73 Å². The summed E-state index contributed by atoms with van der Waals surface area (Å²) in [6, 6.07) is 3.36. The first kappa shape index (κ1) is 14.4. The first-order valence-corrected chi connectivity index (χ1v) is 6.52. The van der Waals surface area contributed by atoms with E-state index in [0.717, 1.165) is 6.07 Å². The van der Waals surface area contributed by atoms with Crippen LogP contribution in [0.3, 0.4) is 0 Å². The lowest BCUT2D eigenvalue weighted by Gasteiger charge is -2.41. The monoisotopic (exact) mass is 271 g/mol. The van der Waals surface area contributed by atoms with Crippen molar-refractivity contribution in [3.8, 4) is 0 Å². The predicted octanol–water partition coefficient (Wildman–Crippen LogP) is 2.55. The van der Waals surface area contributed by atoms with Gasteiger partial charge in [0.25, 0.3) is 0 Å². The van der Waals surface area contributed by atoms with Crippen LogP contribution in [0.4, 0.5) is 8.78 Å². The number of nitrogens with two attached hydrogens (primary N) is 1. The fourth-order valence-electron chi connectivity index (χ4n) is 2.59. The summed E-state index contributed by atoms with van der Waals surface area (Å²) in [6.07, 6.45) is 1.16. The Kier molecular flexibility index (Phi) is 4.50. The summed E-state index contributed by atoms with van der Waals surface area (Å²) in [6.45, 7) is 3.38. The number of rotatable bonds is 4. The van der Waals surface area contributed by atoms with Gasteiger partial charge in [-0.15, -0.1) is 0 Å². The third-order valence-electron chi connectivity index (χ3n) is 3.65. The molecule has 1 saturated heterocycles. The van der Waals surface area contributed by atoms with Gasteiger partial charge in [0.15, 0.2) is 11.6 Å². The average Bonchev–Trinajstić information content (AvgIpc) is 2.42. The van der Waals surface area contributed by atoms with Gasteiger partial charge in [-0.25, -0.2) is 8.78 Å². The lowest BCUT2D eigenvalue weighted by molar-refractivity contribution is -0.122. The van der Waals surface area contributed by atoms with Crippen molar-refractivity contribution in [1.29, 1.82) is 0 Å². The molecule has 0 spiro atoms. The van der Waals surface area contributed by atoms with Crippen LogP contribution in [0.1, 0.15) is 31.4 Å². The highest BCUT2D eigenvalue weighted by molar-refractivity contribution is 5.25. The smallest absolute Gasteiger partial charge is 0.163 e. The van der Waals surface area contributed by atoms with Gasteiger partial charge in [0.1, 0.15) is 0 Å². The molecule has 0 aromatic heterocycles. The minimum Gasteiger partial charge on any atom is -0.381 e. The molecule has 1 unspecified atom stereocenters. The van der Waals surface area contributed by atoms with E-state index < -0.39 is 23.3 Å². The summed E-state index contributed by atoms with van der Waals surface area (Å²) in [4.78, 5) is 0. The van der Waals surface area contributed by atoms with E-state index in [-0.39, 0.29) is 5.56 Å². The van der Waals surface area contributed by atoms with E-state index in [1.807, 2.05) is 6.92 Å². The second-order valence-electron chi connectivity index (χ2n) is 4.73. The SMILES string of the molecule is CCOC1(C(N)c2cccc(F)c2F)CCOCC1. The Balaban J connectivity index is 2.33. The summed E-state index contributed by atoms with van der Waals surface area (Å²) in [5.41, 5.74) is 5.66. The van der Waals surface area contributed by atoms with Crippen molar-refractivity contribution in [1.82, 2.24) is 0 Å². The molecule has 1 aliphatic heterocycles. The van der Waals surface area contributed by atoms with Gasteiger partial charge in [0, 0.05) is 38.2 Å². The molecular weight excluding hydrogens is 252 g/mol. The van der Waals surface area contributed by atoms with Gasteiger partial charge in [-0.05, 0) is 13.0 Å². The molecule has 1 aliphatic rings.